The highest BCUT2D eigenvalue weighted by Gasteiger charge is 2.41. The zero-order valence-corrected chi connectivity index (χ0v) is 22.6. The quantitative estimate of drug-likeness (QED) is 0.437. The number of nitrogens with one attached hydrogen (secondary N) is 1. The third-order valence-electron chi connectivity index (χ3n) is 6.32. The van der Waals surface area contributed by atoms with Crippen molar-refractivity contribution in [1.82, 2.24) is 10.2 Å². The van der Waals surface area contributed by atoms with E-state index in [-0.39, 0.29) is 12.3 Å². The summed E-state index contributed by atoms with van der Waals surface area (Å²) in [6.45, 7) is 2.33. The number of methoxy groups -OCH3 is 3. The van der Waals surface area contributed by atoms with Crippen LogP contribution in [0, 0.1) is 5.82 Å². The molecule has 0 aliphatic carbocycles. The number of nitrogens with zero attached hydrogens (tertiary/aromatic N) is 2. The van der Waals surface area contributed by atoms with Gasteiger partial charge in [0.1, 0.15) is 5.82 Å². The summed E-state index contributed by atoms with van der Waals surface area (Å²) in [4.78, 5) is 32.4. The van der Waals surface area contributed by atoms with E-state index in [1.807, 2.05) is 35.4 Å². The number of esters is 1. The number of carbonyl (C=O) groups excluding carboxylic acids is 2. The van der Waals surface area contributed by atoms with Gasteiger partial charge in [-0.1, -0.05) is 36.9 Å². The molecule has 0 radical (unpaired) electrons. The lowest BCUT2D eigenvalue weighted by molar-refractivity contribution is -0.136. The number of allylic oxidation sites excluding steroid dienone is 1. The van der Waals surface area contributed by atoms with E-state index < -0.39 is 17.8 Å². The molecule has 0 spiro atoms. The van der Waals surface area contributed by atoms with Crippen LogP contribution in [-0.2, 0) is 20.7 Å². The minimum absolute atomic E-state index is 0.0691. The van der Waals surface area contributed by atoms with Crippen molar-refractivity contribution in [2.75, 3.05) is 27.9 Å². The summed E-state index contributed by atoms with van der Waals surface area (Å²) in [7, 11) is 4.47. The summed E-state index contributed by atoms with van der Waals surface area (Å²) < 4.78 is 30.0. The molecule has 0 aromatic heterocycles. The average Bonchev–Trinajstić information content (AvgIpc) is 3.33. The molecule has 38 heavy (non-hydrogen) atoms. The number of fused-ring (bicyclic) bond motifs is 1. The molecule has 8 nitrogen and oxygen atoms in total. The fourth-order valence-corrected chi connectivity index (χ4v) is 5.45. The van der Waals surface area contributed by atoms with Gasteiger partial charge < -0.3 is 24.4 Å². The van der Waals surface area contributed by atoms with Crippen molar-refractivity contribution >= 4 is 28.8 Å². The summed E-state index contributed by atoms with van der Waals surface area (Å²) in [5, 5.41) is 5.45. The van der Waals surface area contributed by atoms with Crippen LogP contribution < -0.4 is 14.8 Å². The van der Waals surface area contributed by atoms with Crippen molar-refractivity contribution in [3.8, 4) is 11.5 Å². The molecule has 1 N–H and O–H groups in total. The van der Waals surface area contributed by atoms with E-state index >= 15 is 0 Å². The Hall–Kier alpha value is -3.79. The van der Waals surface area contributed by atoms with E-state index in [2.05, 4.69) is 10.3 Å². The van der Waals surface area contributed by atoms with E-state index in [1.54, 1.807) is 26.4 Å². The SMILES string of the molecule is CCC1=C(C(=O)OC)[C@H](c2cccc(F)c2)N2C(CC(=O)NCCc3ccc(OC)c(OC)c3)=CSC2=N1. The molecule has 2 aromatic rings. The smallest absolute Gasteiger partial charge is 0.338 e. The topological polar surface area (TPSA) is 89.5 Å². The van der Waals surface area contributed by atoms with Gasteiger partial charge in [-0.2, -0.15) is 0 Å². The van der Waals surface area contributed by atoms with Crippen molar-refractivity contribution in [1.29, 1.82) is 0 Å². The van der Waals surface area contributed by atoms with Gasteiger partial charge >= 0.3 is 5.97 Å². The highest BCUT2D eigenvalue weighted by Crippen LogP contribution is 2.45. The van der Waals surface area contributed by atoms with Crippen LogP contribution in [0.1, 0.15) is 36.9 Å². The van der Waals surface area contributed by atoms with Crippen molar-refractivity contribution in [2.24, 2.45) is 4.99 Å². The number of halogens is 1. The number of hydrogen-bond acceptors (Lipinski definition) is 8. The van der Waals surface area contributed by atoms with E-state index in [1.165, 1.54) is 31.0 Å². The van der Waals surface area contributed by atoms with Crippen molar-refractivity contribution < 1.29 is 28.2 Å². The molecule has 2 aromatic carbocycles. The molecule has 2 aliphatic rings. The average molecular weight is 540 g/mol. The van der Waals surface area contributed by atoms with E-state index in [4.69, 9.17) is 14.2 Å². The Labute approximate surface area is 225 Å². The number of rotatable bonds is 10. The van der Waals surface area contributed by atoms with Crippen LogP contribution in [0.25, 0.3) is 0 Å². The zero-order valence-electron chi connectivity index (χ0n) is 21.7. The fourth-order valence-electron chi connectivity index (χ4n) is 4.51. The van der Waals surface area contributed by atoms with Gasteiger partial charge in [0.2, 0.25) is 5.91 Å². The second-order valence-corrected chi connectivity index (χ2v) is 9.46. The number of aliphatic imine (C=N–C) groups is 1. The molecule has 1 amide bonds. The Balaban J connectivity index is 1.51. The predicted molar refractivity (Wildman–Crippen MR) is 144 cm³/mol. The monoisotopic (exact) mass is 539 g/mol. The highest BCUT2D eigenvalue weighted by atomic mass is 32.2. The summed E-state index contributed by atoms with van der Waals surface area (Å²) >= 11 is 1.38. The lowest BCUT2D eigenvalue weighted by Crippen LogP contribution is -2.38. The number of hydrogen-bond donors (Lipinski definition) is 1. The van der Waals surface area contributed by atoms with Crippen LogP contribution >= 0.6 is 11.8 Å². The van der Waals surface area contributed by atoms with E-state index in [0.29, 0.717) is 58.6 Å². The Bertz CT molecular complexity index is 1320. The van der Waals surface area contributed by atoms with Crippen LogP contribution in [-0.4, -0.2) is 49.8 Å². The highest BCUT2D eigenvalue weighted by molar-refractivity contribution is 8.16. The standard InChI is InChI=1S/C28H30FN3O5S/c1-5-21-25(27(34)37-4)26(18-7-6-8-19(29)14-18)32-20(16-38-28(32)31-21)15-24(33)30-12-11-17-9-10-22(35-2)23(13-17)36-3/h6-10,13-14,16,26H,5,11-12,15H2,1-4H3,(H,30,33)/t26-/m0/s1. The summed E-state index contributed by atoms with van der Waals surface area (Å²) in [5.74, 6) is 0.144. The molecule has 2 heterocycles. The Kier molecular flexibility index (Phi) is 8.73. The van der Waals surface area contributed by atoms with Gasteiger partial charge in [0, 0.05) is 12.2 Å². The molecular weight excluding hydrogens is 509 g/mol. The lowest BCUT2D eigenvalue weighted by atomic mass is 9.93. The molecule has 200 valence electrons. The molecule has 0 saturated heterocycles. The first-order chi connectivity index (χ1) is 18.4. The van der Waals surface area contributed by atoms with E-state index in [0.717, 1.165) is 5.56 Å². The maximum Gasteiger partial charge on any atom is 0.338 e. The van der Waals surface area contributed by atoms with Crippen LogP contribution in [0.5, 0.6) is 11.5 Å². The third-order valence-corrected chi connectivity index (χ3v) is 7.21. The number of amidine groups is 1. The van der Waals surface area contributed by atoms with Gasteiger partial charge in [-0.05, 0) is 53.6 Å². The first-order valence-corrected chi connectivity index (χ1v) is 13.1. The minimum atomic E-state index is -0.665. The second kappa shape index (κ2) is 12.2. The van der Waals surface area contributed by atoms with Gasteiger partial charge in [0.05, 0.1) is 45.1 Å². The predicted octanol–water partition coefficient (Wildman–Crippen LogP) is 4.73. The van der Waals surface area contributed by atoms with Gasteiger partial charge in [-0.3, -0.25) is 4.79 Å². The second-order valence-electron chi connectivity index (χ2n) is 8.62. The number of amides is 1. The van der Waals surface area contributed by atoms with Crippen LogP contribution in [0.4, 0.5) is 4.39 Å². The lowest BCUT2D eigenvalue weighted by Gasteiger charge is -2.36. The molecule has 2 aliphatic heterocycles. The molecular formula is C28H30FN3O5S. The molecule has 0 bridgehead atoms. The molecule has 0 fully saturated rings. The Morgan fingerprint density at radius 3 is 2.58 bits per heavy atom. The van der Waals surface area contributed by atoms with Gasteiger partial charge in [-0.15, -0.1) is 0 Å². The Morgan fingerprint density at radius 2 is 1.89 bits per heavy atom. The molecule has 0 unspecified atom stereocenters. The largest absolute Gasteiger partial charge is 0.493 e. The van der Waals surface area contributed by atoms with Gasteiger partial charge in [0.25, 0.3) is 0 Å². The number of ether oxygens (including phenoxy) is 3. The fraction of sp³-hybridized carbons (Fsp3) is 0.321. The Morgan fingerprint density at radius 1 is 1.11 bits per heavy atom. The third kappa shape index (κ3) is 5.70. The molecule has 4 rings (SSSR count). The molecule has 0 saturated carbocycles. The summed E-state index contributed by atoms with van der Waals surface area (Å²) in [6, 6.07) is 11.1. The number of thioether (sulfide) groups is 1. The van der Waals surface area contributed by atoms with E-state index in [9.17, 15) is 14.0 Å². The summed E-state index contributed by atoms with van der Waals surface area (Å²) in [5.41, 5.74) is 3.16. The first-order valence-electron chi connectivity index (χ1n) is 12.2. The first kappa shape index (κ1) is 27.3. The number of benzene rings is 2. The van der Waals surface area contributed by atoms with Crippen LogP contribution in [0.15, 0.2) is 69.8 Å². The maximum atomic E-state index is 14.3. The van der Waals surface area contributed by atoms with Gasteiger partial charge in [-0.25, -0.2) is 14.2 Å². The summed E-state index contributed by atoms with van der Waals surface area (Å²) in [6.07, 6.45) is 1.18. The van der Waals surface area contributed by atoms with Gasteiger partial charge in [0.15, 0.2) is 16.7 Å². The zero-order chi connectivity index (χ0) is 27.2. The normalized spacial score (nSPS) is 16.4. The van der Waals surface area contributed by atoms with Crippen LogP contribution in [0.2, 0.25) is 0 Å². The molecule has 10 heteroatoms. The maximum absolute atomic E-state index is 14.3. The number of carbonyl (C=O) groups is 2. The van der Waals surface area contributed by atoms with Crippen molar-refractivity contribution in [2.45, 2.75) is 32.2 Å². The van der Waals surface area contributed by atoms with Crippen molar-refractivity contribution in [3.63, 3.8) is 0 Å². The van der Waals surface area contributed by atoms with Crippen molar-refractivity contribution in [3.05, 3.63) is 81.8 Å². The minimum Gasteiger partial charge on any atom is -0.493 e. The van der Waals surface area contributed by atoms with Crippen LogP contribution in [0.3, 0.4) is 0 Å². The molecule has 1 atom stereocenters.